The maximum absolute atomic E-state index is 5.47. The zero-order valence-electron chi connectivity index (χ0n) is 10.5. The molecule has 0 saturated carbocycles. The summed E-state index contributed by atoms with van der Waals surface area (Å²) in [5, 5.41) is 17.4. The Morgan fingerprint density at radius 3 is 2.71 bits per heavy atom. The molecule has 17 heavy (non-hydrogen) atoms. The van der Waals surface area contributed by atoms with E-state index in [1.54, 1.807) is 12.1 Å². The van der Waals surface area contributed by atoms with Crippen molar-refractivity contribution in [3.63, 3.8) is 0 Å². The monoisotopic (exact) mass is 234 g/mol. The largest absolute Gasteiger partial charge is 0.325 e. The van der Waals surface area contributed by atoms with E-state index in [2.05, 4.69) is 27.5 Å². The fourth-order valence-corrected chi connectivity index (χ4v) is 1.12. The van der Waals surface area contributed by atoms with Crippen LogP contribution in [-0.4, -0.2) is 17.2 Å². The van der Waals surface area contributed by atoms with Gasteiger partial charge in [0.1, 0.15) is 0 Å². The van der Waals surface area contributed by atoms with E-state index in [4.69, 9.17) is 5.73 Å². The van der Waals surface area contributed by atoms with Gasteiger partial charge in [-0.05, 0) is 25.5 Å². The second-order valence-electron chi connectivity index (χ2n) is 3.55. The number of nitrogens with two attached hydrogens (primary N) is 1. The van der Waals surface area contributed by atoms with Gasteiger partial charge >= 0.3 is 0 Å². The minimum absolute atomic E-state index is 0.381. The van der Waals surface area contributed by atoms with Gasteiger partial charge in [-0.1, -0.05) is 17.7 Å². The van der Waals surface area contributed by atoms with Crippen LogP contribution in [0.15, 0.2) is 34.2 Å². The highest BCUT2D eigenvalue weighted by molar-refractivity contribution is 5.40. The van der Waals surface area contributed by atoms with Crippen molar-refractivity contribution in [1.29, 1.82) is 0 Å². The van der Waals surface area contributed by atoms with E-state index in [0.717, 1.165) is 12.1 Å². The SMILES string of the molecule is CCC(C)=CN(N=NC)c1ccc(CN)nn1. The Labute approximate surface area is 101 Å². The molecule has 2 N–H and O–H groups in total. The summed E-state index contributed by atoms with van der Waals surface area (Å²) in [6.07, 6.45) is 2.84. The Morgan fingerprint density at radius 1 is 1.47 bits per heavy atom. The molecule has 0 unspecified atom stereocenters. The van der Waals surface area contributed by atoms with Crippen LogP contribution in [0.5, 0.6) is 0 Å². The normalized spacial score (nSPS) is 12.1. The first-order valence-corrected chi connectivity index (χ1v) is 5.50. The Balaban J connectivity index is 2.97. The minimum atomic E-state index is 0.381. The molecular formula is C11H18N6. The topological polar surface area (TPSA) is 79.8 Å². The first-order valence-electron chi connectivity index (χ1n) is 5.50. The molecule has 1 aromatic heterocycles. The van der Waals surface area contributed by atoms with Crippen molar-refractivity contribution in [3.8, 4) is 0 Å². The van der Waals surface area contributed by atoms with Gasteiger partial charge in [0.15, 0.2) is 5.82 Å². The molecule has 0 aliphatic carbocycles. The van der Waals surface area contributed by atoms with Crippen molar-refractivity contribution >= 4 is 5.82 Å². The number of anilines is 1. The van der Waals surface area contributed by atoms with Gasteiger partial charge in [-0.15, -0.1) is 5.10 Å². The van der Waals surface area contributed by atoms with Crippen LogP contribution >= 0.6 is 0 Å². The lowest BCUT2D eigenvalue weighted by Gasteiger charge is -2.12. The zero-order valence-corrected chi connectivity index (χ0v) is 10.5. The summed E-state index contributed by atoms with van der Waals surface area (Å²) in [6.45, 7) is 4.49. The van der Waals surface area contributed by atoms with Crippen LogP contribution in [0.4, 0.5) is 5.82 Å². The van der Waals surface area contributed by atoms with Gasteiger partial charge in [0.25, 0.3) is 0 Å². The molecule has 6 heteroatoms. The second kappa shape index (κ2) is 6.70. The Kier molecular flexibility index (Phi) is 5.22. The fraction of sp³-hybridized carbons (Fsp3) is 0.455. The molecule has 0 radical (unpaired) electrons. The van der Waals surface area contributed by atoms with Gasteiger partial charge < -0.3 is 5.73 Å². The van der Waals surface area contributed by atoms with Gasteiger partial charge in [0.05, 0.1) is 12.7 Å². The summed E-state index contributed by atoms with van der Waals surface area (Å²) in [4.78, 5) is 0. The van der Waals surface area contributed by atoms with Crippen LogP contribution in [-0.2, 0) is 6.54 Å². The van der Waals surface area contributed by atoms with Crippen molar-refractivity contribution in [2.24, 2.45) is 16.1 Å². The van der Waals surface area contributed by atoms with Crippen LogP contribution in [0.3, 0.4) is 0 Å². The standard InChI is InChI=1S/C11H18N6/c1-4-9(2)8-17(16-13-3)11-6-5-10(7-12)14-15-11/h5-6,8H,4,7,12H2,1-3H3. The third-order valence-corrected chi connectivity index (χ3v) is 2.24. The quantitative estimate of drug-likeness (QED) is 0.624. The molecule has 0 fully saturated rings. The van der Waals surface area contributed by atoms with E-state index >= 15 is 0 Å². The van der Waals surface area contributed by atoms with Gasteiger partial charge in [-0.2, -0.15) is 10.2 Å². The number of rotatable bonds is 5. The molecule has 0 amide bonds. The first kappa shape index (κ1) is 13.2. The highest BCUT2D eigenvalue weighted by Crippen LogP contribution is 2.13. The number of allylic oxidation sites excluding steroid dienone is 1. The minimum Gasteiger partial charge on any atom is -0.325 e. The van der Waals surface area contributed by atoms with Gasteiger partial charge in [-0.25, -0.2) is 5.01 Å². The molecule has 6 nitrogen and oxygen atoms in total. The van der Waals surface area contributed by atoms with Crippen molar-refractivity contribution < 1.29 is 0 Å². The second-order valence-corrected chi connectivity index (χ2v) is 3.55. The summed E-state index contributed by atoms with van der Waals surface area (Å²) in [7, 11) is 1.61. The molecule has 1 heterocycles. The number of aromatic nitrogens is 2. The fourth-order valence-electron chi connectivity index (χ4n) is 1.12. The number of hydrogen-bond acceptors (Lipinski definition) is 5. The molecule has 0 spiro atoms. The molecule has 1 aromatic rings. The molecular weight excluding hydrogens is 216 g/mol. The Bertz CT molecular complexity index is 395. The van der Waals surface area contributed by atoms with E-state index in [-0.39, 0.29) is 0 Å². The third-order valence-electron chi connectivity index (χ3n) is 2.24. The van der Waals surface area contributed by atoms with Crippen LogP contribution in [0, 0.1) is 0 Å². The zero-order chi connectivity index (χ0) is 12.7. The summed E-state index contributed by atoms with van der Waals surface area (Å²) in [5.41, 5.74) is 7.40. The highest BCUT2D eigenvalue weighted by atomic mass is 15.6. The number of nitrogens with zero attached hydrogens (tertiary/aromatic N) is 5. The molecule has 92 valence electrons. The smallest absolute Gasteiger partial charge is 0.177 e. The molecule has 1 rings (SSSR count). The van der Waals surface area contributed by atoms with E-state index in [1.807, 2.05) is 25.3 Å². The number of hydrogen-bond donors (Lipinski definition) is 1. The van der Waals surface area contributed by atoms with E-state index in [9.17, 15) is 0 Å². The lowest BCUT2D eigenvalue weighted by atomic mass is 10.2. The molecule has 0 bridgehead atoms. The average Bonchev–Trinajstić information content (AvgIpc) is 2.38. The van der Waals surface area contributed by atoms with Crippen molar-refractivity contribution in [2.75, 3.05) is 12.1 Å². The van der Waals surface area contributed by atoms with E-state index in [1.165, 1.54) is 5.57 Å². The van der Waals surface area contributed by atoms with Gasteiger partial charge in [0.2, 0.25) is 0 Å². The third kappa shape index (κ3) is 3.92. The first-order chi connectivity index (χ1) is 8.21. The van der Waals surface area contributed by atoms with Crippen molar-refractivity contribution in [2.45, 2.75) is 26.8 Å². The maximum Gasteiger partial charge on any atom is 0.177 e. The average molecular weight is 234 g/mol. The summed E-state index contributed by atoms with van der Waals surface area (Å²) < 4.78 is 0. The van der Waals surface area contributed by atoms with Crippen LogP contribution in [0.25, 0.3) is 0 Å². The summed E-state index contributed by atoms with van der Waals surface area (Å²) in [5.74, 6) is 0.626. The Hall–Kier alpha value is -1.82. The van der Waals surface area contributed by atoms with E-state index in [0.29, 0.717) is 12.4 Å². The summed E-state index contributed by atoms with van der Waals surface area (Å²) in [6, 6.07) is 3.65. The molecule has 0 aliphatic heterocycles. The van der Waals surface area contributed by atoms with Crippen molar-refractivity contribution in [1.82, 2.24) is 10.2 Å². The van der Waals surface area contributed by atoms with E-state index < -0.39 is 0 Å². The maximum atomic E-state index is 5.47. The van der Waals surface area contributed by atoms with Crippen LogP contribution < -0.4 is 10.7 Å². The van der Waals surface area contributed by atoms with Crippen LogP contribution in [0.1, 0.15) is 26.0 Å². The lowest BCUT2D eigenvalue weighted by Crippen LogP contribution is -2.11. The molecule has 0 aliphatic rings. The van der Waals surface area contributed by atoms with Crippen LogP contribution in [0.2, 0.25) is 0 Å². The van der Waals surface area contributed by atoms with Gasteiger partial charge in [0, 0.05) is 12.7 Å². The molecule has 0 atom stereocenters. The molecule has 0 saturated heterocycles. The predicted octanol–water partition coefficient (Wildman–Crippen LogP) is 2.05. The van der Waals surface area contributed by atoms with Gasteiger partial charge in [-0.3, -0.25) is 0 Å². The predicted molar refractivity (Wildman–Crippen MR) is 67.2 cm³/mol. The summed E-state index contributed by atoms with van der Waals surface area (Å²) >= 11 is 0. The van der Waals surface area contributed by atoms with Crippen molar-refractivity contribution in [3.05, 3.63) is 29.6 Å². The molecule has 0 aromatic carbocycles. The lowest BCUT2D eigenvalue weighted by molar-refractivity contribution is 0.843. The Morgan fingerprint density at radius 2 is 2.24 bits per heavy atom. The highest BCUT2D eigenvalue weighted by Gasteiger charge is 2.05.